The van der Waals surface area contributed by atoms with Crippen molar-refractivity contribution in [3.05, 3.63) is 57.0 Å². The molecule has 8 heteroatoms. The molecule has 0 bridgehead atoms. The quantitative estimate of drug-likeness (QED) is 0.691. The molecule has 0 aliphatic rings. The van der Waals surface area contributed by atoms with Crippen molar-refractivity contribution in [2.45, 2.75) is 6.54 Å². The largest absolute Gasteiger partial charge is 0.492 e. The third-order valence-corrected chi connectivity index (χ3v) is 3.80. The maximum atomic E-state index is 12.3. The Balaban J connectivity index is 1.82. The van der Waals surface area contributed by atoms with Crippen molar-refractivity contribution in [3.63, 3.8) is 0 Å². The molecule has 0 unspecified atom stereocenters. The molecule has 0 spiro atoms. The minimum absolute atomic E-state index is 0.323. The molecular formula is C16H15N5O3. The SMILES string of the molecule is Cn1c(=O)c2c(ncn2CCOc2ccc(C#N)cc2)n(C)c1=O. The van der Waals surface area contributed by atoms with E-state index in [1.165, 1.54) is 17.9 Å². The van der Waals surface area contributed by atoms with Crippen molar-refractivity contribution in [2.75, 3.05) is 6.61 Å². The lowest BCUT2D eigenvalue weighted by atomic mass is 10.2. The third kappa shape index (κ3) is 2.56. The van der Waals surface area contributed by atoms with E-state index >= 15 is 0 Å². The van der Waals surface area contributed by atoms with Gasteiger partial charge in [0.05, 0.1) is 24.5 Å². The van der Waals surface area contributed by atoms with Crippen LogP contribution in [-0.2, 0) is 20.6 Å². The summed E-state index contributed by atoms with van der Waals surface area (Å²) in [6, 6.07) is 8.82. The highest BCUT2D eigenvalue weighted by molar-refractivity contribution is 5.69. The van der Waals surface area contributed by atoms with Gasteiger partial charge in [0.1, 0.15) is 12.4 Å². The van der Waals surface area contributed by atoms with Gasteiger partial charge in [-0.2, -0.15) is 5.26 Å². The van der Waals surface area contributed by atoms with Crippen molar-refractivity contribution in [1.29, 1.82) is 5.26 Å². The minimum Gasteiger partial charge on any atom is -0.492 e. The van der Waals surface area contributed by atoms with Crippen molar-refractivity contribution < 1.29 is 4.74 Å². The monoisotopic (exact) mass is 325 g/mol. The van der Waals surface area contributed by atoms with Crippen LogP contribution >= 0.6 is 0 Å². The van der Waals surface area contributed by atoms with Gasteiger partial charge in [-0.3, -0.25) is 13.9 Å². The highest BCUT2D eigenvalue weighted by atomic mass is 16.5. The summed E-state index contributed by atoms with van der Waals surface area (Å²) in [7, 11) is 3.02. The molecule has 0 aliphatic heterocycles. The predicted molar refractivity (Wildman–Crippen MR) is 86.9 cm³/mol. The minimum atomic E-state index is -0.411. The summed E-state index contributed by atoms with van der Waals surface area (Å²) in [6.45, 7) is 0.729. The van der Waals surface area contributed by atoms with E-state index in [-0.39, 0.29) is 5.56 Å². The van der Waals surface area contributed by atoms with Gasteiger partial charge in [-0.15, -0.1) is 0 Å². The van der Waals surface area contributed by atoms with Crippen LogP contribution in [0, 0.1) is 11.3 Å². The zero-order chi connectivity index (χ0) is 17.3. The Hall–Kier alpha value is -3.34. The number of benzene rings is 1. The van der Waals surface area contributed by atoms with E-state index in [2.05, 4.69) is 4.98 Å². The van der Waals surface area contributed by atoms with Gasteiger partial charge in [-0.25, -0.2) is 9.78 Å². The first-order chi connectivity index (χ1) is 11.5. The summed E-state index contributed by atoms with van der Waals surface area (Å²) < 4.78 is 9.68. The lowest BCUT2D eigenvalue weighted by Gasteiger charge is -2.08. The van der Waals surface area contributed by atoms with Crippen LogP contribution in [0.4, 0.5) is 0 Å². The zero-order valence-electron chi connectivity index (χ0n) is 13.3. The maximum absolute atomic E-state index is 12.3. The molecular weight excluding hydrogens is 310 g/mol. The molecule has 0 amide bonds. The van der Waals surface area contributed by atoms with Crippen molar-refractivity contribution >= 4 is 11.2 Å². The highest BCUT2D eigenvalue weighted by Gasteiger charge is 2.13. The van der Waals surface area contributed by atoms with Crippen LogP contribution in [-0.4, -0.2) is 25.3 Å². The summed E-state index contributed by atoms with van der Waals surface area (Å²) in [5, 5.41) is 8.76. The van der Waals surface area contributed by atoms with E-state index in [1.807, 2.05) is 6.07 Å². The van der Waals surface area contributed by atoms with Crippen molar-refractivity contribution in [3.8, 4) is 11.8 Å². The average Bonchev–Trinajstić information content (AvgIpc) is 3.03. The molecule has 24 heavy (non-hydrogen) atoms. The first-order valence-corrected chi connectivity index (χ1v) is 7.26. The van der Waals surface area contributed by atoms with Crippen molar-refractivity contribution in [2.24, 2.45) is 14.1 Å². The van der Waals surface area contributed by atoms with E-state index in [1.54, 1.807) is 35.9 Å². The summed E-state index contributed by atoms with van der Waals surface area (Å²) in [4.78, 5) is 28.3. The van der Waals surface area contributed by atoms with Gasteiger partial charge in [0, 0.05) is 14.1 Å². The summed E-state index contributed by atoms with van der Waals surface area (Å²) in [6.07, 6.45) is 1.52. The number of aromatic nitrogens is 4. The second kappa shape index (κ2) is 6.04. The molecule has 8 nitrogen and oxygen atoms in total. The first kappa shape index (κ1) is 15.6. The molecule has 0 atom stereocenters. The zero-order valence-corrected chi connectivity index (χ0v) is 13.3. The molecule has 0 radical (unpaired) electrons. The average molecular weight is 325 g/mol. The molecule has 0 saturated carbocycles. The first-order valence-electron chi connectivity index (χ1n) is 7.26. The Kier molecular flexibility index (Phi) is 3.92. The van der Waals surface area contributed by atoms with Crippen LogP contribution < -0.4 is 16.0 Å². The van der Waals surface area contributed by atoms with Gasteiger partial charge in [0.2, 0.25) is 0 Å². The molecule has 0 fully saturated rings. The lowest BCUT2D eigenvalue weighted by Crippen LogP contribution is -2.37. The van der Waals surface area contributed by atoms with Gasteiger partial charge < -0.3 is 9.30 Å². The van der Waals surface area contributed by atoms with Gasteiger partial charge in [-0.05, 0) is 24.3 Å². The van der Waals surface area contributed by atoms with Gasteiger partial charge in [0.25, 0.3) is 5.56 Å². The molecule has 0 aliphatic carbocycles. The van der Waals surface area contributed by atoms with Crippen LogP contribution in [0.25, 0.3) is 11.2 Å². The fourth-order valence-electron chi connectivity index (χ4n) is 2.45. The van der Waals surface area contributed by atoms with Crippen molar-refractivity contribution in [1.82, 2.24) is 18.7 Å². The van der Waals surface area contributed by atoms with E-state index < -0.39 is 5.69 Å². The van der Waals surface area contributed by atoms with Crippen LogP contribution in [0.15, 0.2) is 40.2 Å². The van der Waals surface area contributed by atoms with Crippen LogP contribution in [0.5, 0.6) is 5.75 Å². The lowest BCUT2D eigenvalue weighted by molar-refractivity contribution is 0.300. The predicted octanol–water partition coefficient (Wildman–Crippen LogP) is 0.384. The fraction of sp³-hybridized carbons (Fsp3) is 0.250. The number of aryl methyl sites for hydroxylation is 1. The van der Waals surface area contributed by atoms with Crippen LogP contribution in [0.2, 0.25) is 0 Å². The molecule has 2 aromatic heterocycles. The Morgan fingerprint density at radius 1 is 1.17 bits per heavy atom. The summed E-state index contributed by atoms with van der Waals surface area (Å²) in [5.74, 6) is 0.638. The molecule has 3 aromatic rings. The normalized spacial score (nSPS) is 10.7. The maximum Gasteiger partial charge on any atom is 0.332 e. The molecule has 0 N–H and O–H groups in total. The Bertz CT molecular complexity index is 1050. The number of hydrogen-bond acceptors (Lipinski definition) is 5. The van der Waals surface area contributed by atoms with Gasteiger partial charge >= 0.3 is 5.69 Å². The van der Waals surface area contributed by atoms with E-state index in [9.17, 15) is 9.59 Å². The fourth-order valence-corrected chi connectivity index (χ4v) is 2.45. The van der Waals surface area contributed by atoms with E-state index in [4.69, 9.17) is 10.00 Å². The second-order valence-electron chi connectivity index (χ2n) is 5.30. The number of nitrogens with zero attached hydrogens (tertiary/aromatic N) is 5. The number of imidazole rings is 1. The molecule has 122 valence electrons. The Labute approximate surface area is 136 Å². The van der Waals surface area contributed by atoms with Crippen LogP contribution in [0.3, 0.4) is 0 Å². The van der Waals surface area contributed by atoms with Gasteiger partial charge in [-0.1, -0.05) is 0 Å². The number of nitriles is 1. The van der Waals surface area contributed by atoms with E-state index in [0.717, 1.165) is 4.57 Å². The standard InChI is InChI=1S/C16H15N5O3/c1-19-14-13(15(22)20(2)16(19)23)21(10-18-14)7-8-24-12-5-3-11(9-17)4-6-12/h3-6,10H,7-8H2,1-2H3. The summed E-state index contributed by atoms with van der Waals surface area (Å²) >= 11 is 0. The number of rotatable bonds is 4. The molecule has 2 heterocycles. The Morgan fingerprint density at radius 3 is 2.54 bits per heavy atom. The molecule has 3 rings (SSSR count). The summed E-state index contributed by atoms with van der Waals surface area (Å²) in [5.41, 5.74) is 0.479. The number of ether oxygens (including phenoxy) is 1. The molecule has 1 aromatic carbocycles. The second-order valence-corrected chi connectivity index (χ2v) is 5.30. The smallest absolute Gasteiger partial charge is 0.332 e. The van der Waals surface area contributed by atoms with E-state index in [0.29, 0.717) is 35.6 Å². The number of hydrogen-bond donors (Lipinski definition) is 0. The number of fused-ring (bicyclic) bond motifs is 1. The van der Waals surface area contributed by atoms with Gasteiger partial charge in [0.15, 0.2) is 11.2 Å². The van der Waals surface area contributed by atoms with Crippen LogP contribution in [0.1, 0.15) is 5.56 Å². The third-order valence-electron chi connectivity index (χ3n) is 3.80. The highest BCUT2D eigenvalue weighted by Crippen LogP contribution is 2.12. The topological polar surface area (TPSA) is 94.8 Å². The molecule has 0 saturated heterocycles. The Morgan fingerprint density at radius 2 is 1.88 bits per heavy atom.